The topological polar surface area (TPSA) is 59.2 Å². The number of hydrogen-bond donors (Lipinski definition) is 1. The number of aryl methyl sites for hydroxylation is 2. The molecule has 1 aliphatic carbocycles. The molecule has 2 aromatic rings. The third-order valence-electron chi connectivity index (χ3n) is 4.65. The van der Waals surface area contributed by atoms with Crippen molar-refractivity contribution in [3.63, 3.8) is 0 Å². The van der Waals surface area contributed by atoms with Gasteiger partial charge in [-0.05, 0) is 74.5 Å². The fourth-order valence-corrected chi connectivity index (χ4v) is 3.52. The Hall–Kier alpha value is -2.20. The highest BCUT2D eigenvalue weighted by molar-refractivity contribution is 5.92. The van der Waals surface area contributed by atoms with Crippen molar-refractivity contribution < 1.29 is 4.79 Å². The van der Waals surface area contributed by atoms with E-state index >= 15 is 0 Å². The number of rotatable bonds is 5. The van der Waals surface area contributed by atoms with Crippen LogP contribution in [0.3, 0.4) is 0 Å². The molecule has 1 aromatic heterocycles. The fraction of sp³-hybridized carbons (Fsp3) is 0.400. The Bertz CT molecular complexity index is 737. The highest BCUT2D eigenvalue weighted by Gasteiger charge is 2.16. The van der Waals surface area contributed by atoms with Crippen LogP contribution in [-0.4, -0.2) is 22.8 Å². The van der Waals surface area contributed by atoms with Crippen LogP contribution in [0.5, 0.6) is 0 Å². The summed E-state index contributed by atoms with van der Waals surface area (Å²) in [5.41, 5.74) is 12.3. The lowest BCUT2D eigenvalue weighted by molar-refractivity contribution is 0.100. The van der Waals surface area contributed by atoms with Crippen LogP contribution in [0.4, 0.5) is 0 Å². The number of aromatic nitrogens is 1. The van der Waals surface area contributed by atoms with E-state index in [4.69, 9.17) is 10.7 Å². The fourth-order valence-electron chi connectivity index (χ4n) is 3.52. The van der Waals surface area contributed by atoms with E-state index in [1.54, 1.807) is 12.1 Å². The maximum Gasteiger partial charge on any atom is 0.248 e. The lowest BCUT2D eigenvalue weighted by Gasteiger charge is -2.23. The number of pyridine rings is 1. The average molecular weight is 323 g/mol. The monoisotopic (exact) mass is 323 g/mol. The lowest BCUT2D eigenvalue weighted by atomic mass is 9.91. The minimum Gasteiger partial charge on any atom is -0.366 e. The van der Waals surface area contributed by atoms with E-state index in [0.717, 1.165) is 31.6 Å². The van der Waals surface area contributed by atoms with Crippen LogP contribution in [0.15, 0.2) is 30.3 Å². The van der Waals surface area contributed by atoms with Crippen LogP contribution in [0.2, 0.25) is 0 Å². The van der Waals surface area contributed by atoms with Crippen LogP contribution in [-0.2, 0) is 25.9 Å². The van der Waals surface area contributed by atoms with Crippen molar-refractivity contribution in [3.8, 4) is 0 Å². The van der Waals surface area contributed by atoms with E-state index in [1.165, 1.54) is 35.2 Å². The molecule has 1 heterocycles. The largest absolute Gasteiger partial charge is 0.366 e. The van der Waals surface area contributed by atoms with Crippen molar-refractivity contribution in [1.29, 1.82) is 0 Å². The van der Waals surface area contributed by atoms with Gasteiger partial charge in [0.25, 0.3) is 0 Å². The Labute approximate surface area is 143 Å². The third kappa shape index (κ3) is 3.82. The van der Waals surface area contributed by atoms with Crippen LogP contribution >= 0.6 is 0 Å². The molecule has 1 aliphatic rings. The molecule has 2 N–H and O–H groups in total. The second-order valence-electron chi connectivity index (χ2n) is 6.79. The Morgan fingerprint density at radius 1 is 1.17 bits per heavy atom. The van der Waals surface area contributed by atoms with Crippen LogP contribution in [0, 0.1) is 6.92 Å². The second-order valence-corrected chi connectivity index (χ2v) is 6.79. The molecule has 0 saturated heterocycles. The standard InChI is InChI=1S/C20H25N3O/c1-14-11-17(18-5-3-4-6-19(18)22-14)13-23(2)12-15-7-9-16(10-8-15)20(21)24/h7-11H,3-6,12-13H2,1-2H3,(H2,21,24). The summed E-state index contributed by atoms with van der Waals surface area (Å²) >= 11 is 0. The van der Waals surface area contributed by atoms with Crippen molar-refractivity contribution in [1.82, 2.24) is 9.88 Å². The predicted molar refractivity (Wildman–Crippen MR) is 95.7 cm³/mol. The van der Waals surface area contributed by atoms with Crippen LogP contribution in [0.25, 0.3) is 0 Å². The smallest absolute Gasteiger partial charge is 0.248 e. The zero-order valence-corrected chi connectivity index (χ0v) is 14.5. The summed E-state index contributed by atoms with van der Waals surface area (Å²) in [6, 6.07) is 9.78. The van der Waals surface area contributed by atoms with Crippen molar-refractivity contribution in [2.75, 3.05) is 7.05 Å². The first kappa shape index (κ1) is 16.7. The molecule has 1 amide bonds. The highest BCUT2D eigenvalue weighted by atomic mass is 16.1. The number of nitrogens with zero attached hydrogens (tertiary/aromatic N) is 2. The van der Waals surface area contributed by atoms with Gasteiger partial charge in [0.15, 0.2) is 0 Å². The molecule has 1 aromatic carbocycles. The minimum atomic E-state index is -0.381. The van der Waals surface area contributed by atoms with Gasteiger partial charge in [-0.3, -0.25) is 14.7 Å². The Morgan fingerprint density at radius 2 is 1.88 bits per heavy atom. The van der Waals surface area contributed by atoms with Gasteiger partial charge in [0, 0.05) is 30.0 Å². The van der Waals surface area contributed by atoms with E-state index in [2.05, 4.69) is 24.9 Å². The summed E-state index contributed by atoms with van der Waals surface area (Å²) in [7, 11) is 2.13. The van der Waals surface area contributed by atoms with E-state index in [1.807, 2.05) is 12.1 Å². The first-order valence-electron chi connectivity index (χ1n) is 8.58. The first-order chi connectivity index (χ1) is 11.5. The summed E-state index contributed by atoms with van der Waals surface area (Å²) in [6.07, 6.45) is 4.79. The summed E-state index contributed by atoms with van der Waals surface area (Å²) in [6.45, 7) is 3.85. The van der Waals surface area contributed by atoms with Crippen LogP contribution in [0.1, 0.15) is 51.3 Å². The summed E-state index contributed by atoms with van der Waals surface area (Å²) in [4.78, 5) is 18.2. The number of carbonyl (C=O) groups excluding carboxylic acids is 1. The Balaban J connectivity index is 1.72. The van der Waals surface area contributed by atoms with Gasteiger partial charge in [-0.25, -0.2) is 0 Å². The van der Waals surface area contributed by atoms with E-state index in [-0.39, 0.29) is 5.91 Å². The van der Waals surface area contributed by atoms with Gasteiger partial charge in [0.05, 0.1) is 0 Å². The maximum absolute atomic E-state index is 11.1. The third-order valence-corrected chi connectivity index (χ3v) is 4.65. The quantitative estimate of drug-likeness (QED) is 0.920. The van der Waals surface area contributed by atoms with Gasteiger partial charge >= 0.3 is 0 Å². The van der Waals surface area contributed by atoms with Gasteiger partial charge in [-0.2, -0.15) is 0 Å². The van der Waals surface area contributed by atoms with E-state index in [9.17, 15) is 4.79 Å². The molecule has 0 atom stereocenters. The zero-order valence-electron chi connectivity index (χ0n) is 14.5. The number of fused-ring (bicyclic) bond motifs is 1. The molecule has 0 aliphatic heterocycles. The van der Waals surface area contributed by atoms with Gasteiger partial charge in [-0.1, -0.05) is 12.1 Å². The summed E-state index contributed by atoms with van der Waals surface area (Å²) in [5, 5.41) is 0. The van der Waals surface area contributed by atoms with Gasteiger partial charge in [-0.15, -0.1) is 0 Å². The predicted octanol–water partition coefficient (Wildman–Crippen LogP) is 3.00. The molecule has 0 radical (unpaired) electrons. The maximum atomic E-state index is 11.1. The Morgan fingerprint density at radius 3 is 2.58 bits per heavy atom. The van der Waals surface area contributed by atoms with Crippen molar-refractivity contribution in [3.05, 3.63) is 64.0 Å². The lowest BCUT2D eigenvalue weighted by Crippen LogP contribution is -2.20. The average Bonchev–Trinajstić information content (AvgIpc) is 2.55. The summed E-state index contributed by atoms with van der Waals surface area (Å²) in [5.74, 6) is -0.381. The van der Waals surface area contributed by atoms with E-state index in [0.29, 0.717) is 5.56 Å². The van der Waals surface area contributed by atoms with Crippen molar-refractivity contribution in [2.45, 2.75) is 45.7 Å². The zero-order chi connectivity index (χ0) is 17.1. The summed E-state index contributed by atoms with van der Waals surface area (Å²) < 4.78 is 0. The molecule has 0 unspecified atom stereocenters. The SMILES string of the molecule is Cc1cc(CN(C)Cc2ccc(C(N)=O)cc2)c2c(n1)CCCC2. The molecule has 0 bridgehead atoms. The molecule has 24 heavy (non-hydrogen) atoms. The van der Waals surface area contributed by atoms with E-state index < -0.39 is 0 Å². The van der Waals surface area contributed by atoms with Crippen LogP contribution < -0.4 is 5.73 Å². The molecule has 0 spiro atoms. The Kier molecular flexibility index (Phi) is 4.95. The highest BCUT2D eigenvalue weighted by Crippen LogP contribution is 2.25. The normalized spacial score (nSPS) is 13.8. The molecular formula is C20H25N3O. The number of primary amides is 1. The minimum absolute atomic E-state index is 0.381. The molecule has 4 heteroatoms. The van der Waals surface area contributed by atoms with Gasteiger partial charge < -0.3 is 5.73 Å². The molecular weight excluding hydrogens is 298 g/mol. The molecule has 0 fully saturated rings. The molecule has 126 valence electrons. The number of nitrogens with two attached hydrogens (primary N) is 1. The first-order valence-corrected chi connectivity index (χ1v) is 8.58. The molecule has 3 rings (SSSR count). The number of carbonyl (C=O) groups is 1. The number of amides is 1. The van der Waals surface area contributed by atoms with Crippen molar-refractivity contribution in [2.24, 2.45) is 5.73 Å². The number of hydrogen-bond acceptors (Lipinski definition) is 3. The second kappa shape index (κ2) is 7.14. The van der Waals surface area contributed by atoms with Crippen molar-refractivity contribution >= 4 is 5.91 Å². The molecule has 0 saturated carbocycles. The van der Waals surface area contributed by atoms with Gasteiger partial charge in [0.1, 0.15) is 0 Å². The molecule has 4 nitrogen and oxygen atoms in total. The van der Waals surface area contributed by atoms with Gasteiger partial charge in [0.2, 0.25) is 5.91 Å². The number of benzene rings is 1.